The molecule has 23 heavy (non-hydrogen) atoms. The summed E-state index contributed by atoms with van der Waals surface area (Å²) in [5.74, 6) is 0. The van der Waals surface area contributed by atoms with Gasteiger partial charge in [-0.2, -0.15) is 5.10 Å². The smallest absolute Gasteiger partial charge is 0.208 e. The van der Waals surface area contributed by atoms with Gasteiger partial charge in [-0.05, 0) is 12.1 Å². The number of fused-ring (bicyclic) bond motifs is 3. The number of H-pyrrole nitrogens is 1. The van der Waals surface area contributed by atoms with E-state index in [1.165, 1.54) is 18.6 Å². The maximum atomic E-state index is 12.9. The Kier molecular flexibility index (Phi) is 3.07. The summed E-state index contributed by atoms with van der Waals surface area (Å²) in [4.78, 5) is 7.41. The van der Waals surface area contributed by atoms with Crippen LogP contribution in [-0.4, -0.2) is 28.6 Å². The van der Waals surface area contributed by atoms with Crippen LogP contribution >= 0.6 is 11.6 Å². The number of pyridine rings is 1. The van der Waals surface area contributed by atoms with E-state index in [1.807, 2.05) is 0 Å². The van der Waals surface area contributed by atoms with E-state index in [0.29, 0.717) is 27.0 Å². The first-order valence-corrected chi connectivity index (χ1v) is 8.52. The number of sulfone groups is 1. The molecule has 0 fully saturated rings. The van der Waals surface area contributed by atoms with Crippen LogP contribution in [0.15, 0.2) is 58.7 Å². The molecule has 0 aliphatic carbocycles. The van der Waals surface area contributed by atoms with Gasteiger partial charge in [0.15, 0.2) is 0 Å². The highest BCUT2D eigenvalue weighted by atomic mass is 35.5. The highest BCUT2D eigenvalue weighted by Gasteiger charge is 2.24. The summed E-state index contributed by atoms with van der Waals surface area (Å²) in [5.41, 5.74) is 0.871. The molecular weight excluding hydrogens is 336 g/mol. The average Bonchev–Trinajstić information content (AvgIpc) is 3.00. The minimum absolute atomic E-state index is 0.117. The fraction of sp³-hybridized carbons (Fsp3) is 0. The SMILES string of the molecule is O=S(=O)(c1ccccc1)c1c[nH]c2ncc3nncc(Cl)c3c12. The lowest BCUT2D eigenvalue weighted by atomic mass is 10.2. The molecule has 1 N–H and O–H groups in total. The van der Waals surface area contributed by atoms with Crippen molar-refractivity contribution in [1.82, 2.24) is 20.2 Å². The number of nitrogens with zero attached hydrogens (tertiary/aromatic N) is 3. The van der Waals surface area contributed by atoms with Gasteiger partial charge in [-0.25, -0.2) is 13.4 Å². The Morgan fingerprint density at radius 1 is 1.04 bits per heavy atom. The fourth-order valence-electron chi connectivity index (χ4n) is 2.52. The van der Waals surface area contributed by atoms with Crippen molar-refractivity contribution in [3.8, 4) is 0 Å². The number of rotatable bonds is 2. The molecule has 0 radical (unpaired) electrons. The van der Waals surface area contributed by atoms with Crippen molar-refractivity contribution < 1.29 is 8.42 Å². The van der Waals surface area contributed by atoms with Crippen molar-refractivity contribution in [2.24, 2.45) is 0 Å². The number of aromatic nitrogens is 4. The molecule has 3 aromatic heterocycles. The van der Waals surface area contributed by atoms with Gasteiger partial charge in [-0.3, -0.25) is 0 Å². The van der Waals surface area contributed by atoms with Crippen LogP contribution in [0.1, 0.15) is 0 Å². The van der Waals surface area contributed by atoms with E-state index < -0.39 is 9.84 Å². The number of halogens is 1. The summed E-state index contributed by atoms with van der Waals surface area (Å²) in [6.07, 6.45) is 4.32. The first-order valence-electron chi connectivity index (χ1n) is 6.66. The van der Waals surface area contributed by atoms with Gasteiger partial charge in [-0.1, -0.05) is 29.8 Å². The second-order valence-electron chi connectivity index (χ2n) is 4.90. The van der Waals surface area contributed by atoms with Crippen LogP contribution in [-0.2, 0) is 9.84 Å². The first-order chi connectivity index (χ1) is 11.1. The Morgan fingerprint density at radius 2 is 1.83 bits per heavy atom. The Morgan fingerprint density at radius 3 is 2.61 bits per heavy atom. The van der Waals surface area contributed by atoms with Gasteiger partial charge in [0.1, 0.15) is 11.2 Å². The van der Waals surface area contributed by atoms with Crippen molar-refractivity contribution >= 4 is 43.4 Å². The molecule has 0 saturated carbocycles. The van der Waals surface area contributed by atoms with E-state index in [-0.39, 0.29) is 9.79 Å². The van der Waals surface area contributed by atoms with Gasteiger partial charge in [0.05, 0.1) is 27.2 Å². The molecule has 0 aliphatic heterocycles. The third-order valence-corrected chi connectivity index (χ3v) is 5.64. The number of hydrogen-bond donors (Lipinski definition) is 1. The molecule has 1 aromatic carbocycles. The van der Waals surface area contributed by atoms with Crippen LogP contribution in [0.3, 0.4) is 0 Å². The minimum atomic E-state index is -3.71. The normalized spacial score (nSPS) is 12.0. The van der Waals surface area contributed by atoms with Crippen molar-refractivity contribution in [2.75, 3.05) is 0 Å². The maximum Gasteiger partial charge on any atom is 0.208 e. The van der Waals surface area contributed by atoms with Gasteiger partial charge >= 0.3 is 0 Å². The van der Waals surface area contributed by atoms with Crippen LogP contribution in [0.4, 0.5) is 0 Å². The zero-order valence-electron chi connectivity index (χ0n) is 11.6. The number of benzene rings is 1. The zero-order valence-corrected chi connectivity index (χ0v) is 13.1. The largest absolute Gasteiger partial charge is 0.345 e. The third kappa shape index (κ3) is 2.08. The molecule has 0 saturated heterocycles. The molecule has 4 aromatic rings. The predicted molar refractivity (Wildman–Crippen MR) is 86.1 cm³/mol. The van der Waals surface area contributed by atoms with Gasteiger partial charge in [0, 0.05) is 17.0 Å². The van der Waals surface area contributed by atoms with E-state index in [0.717, 1.165) is 0 Å². The van der Waals surface area contributed by atoms with E-state index in [9.17, 15) is 8.42 Å². The van der Waals surface area contributed by atoms with E-state index in [2.05, 4.69) is 20.2 Å². The Hall–Kier alpha value is -2.51. The van der Waals surface area contributed by atoms with Crippen LogP contribution in [0.2, 0.25) is 5.02 Å². The van der Waals surface area contributed by atoms with E-state index in [1.54, 1.807) is 30.3 Å². The van der Waals surface area contributed by atoms with Gasteiger partial charge in [0.2, 0.25) is 9.84 Å². The van der Waals surface area contributed by atoms with Crippen molar-refractivity contribution in [3.63, 3.8) is 0 Å². The summed E-state index contributed by atoms with van der Waals surface area (Å²) in [6.45, 7) is 0. The van der Waals surface area contributed by atoms with Crippen molar-refractivity contribution in [1.29, 1.82) is 0 Å². The lowest BCUT2D eigenvalue weighted by Crippen LogP contribution is -2.01. The number of nitrogens with one attached hydrogen (secondary N) is 1. The Balaban J connectivity index is 2.14. The molecule has 114 valence electrons. The lowest BCUT2D eigenvalue weighted by molar-refractivity contribution is 0.597. The molecule has 3 heterocycles. The highest BCUT2D eigenvalue weighted by Crippen LogP contribution is 2.34. The molecular formula is C15H9ClN4O2S. The van der Waals surface area contributed by atoms with Gasteiger partial charge in [0.25, 0.3) is 0 Å². The summed E-state index contributed by atoms with van der Waals surface area (Å²) in [7, 11) is -3.71. The van der Waals surface area contributed by atoms with Crippen LogP contribution < -0.4 is 0 Å². The van der Waals surface area contributed by atoms with E-state index in [4.69, 9.17) is 11.6 Å². The van der Waals surface area contributed by atoms with Crippen LogP contribution in [0, 0.1) is 0 Å². The molecule has 0 spiro atoms. The summed E-state index contributed by atoms with van der Waals surface area (Å²) in [6, 6.07) is 8.22. The van der Waals surface area contributed by atoms with Gasteiger partial charge < -0.3 is 4.98 Å². The monoisotopic (exact) mass is 344 g/mol. The molecule has 0 bridgehead atoms. The second-order valence-corrected chi connectivity index (χ2v) is 7.23. The second kappa shape index (κ2) is 5.00. The average molecular weight is 345 g/mol. The molecule has 0 unspecified atom stereocenters. The molecule has 0 amide bonds. The summed E-state index contributed by atoms with van der Waals surface area (Å²) in [5, 5.41) is 9.00. The fourth-order valence-corrected chi connectivity index (χ4v) is 4.20. The number of aromatic amines is 1. The molecule has 0 aliphatic rings. The maximum absolute atomic E-state index is 12.9. The van der Waals surface area contributed by atoms with Gasteiger partial charge in [-0.15, -0.1) is 5.10 Å². The minimum Gasteiger partial charge on any atom is -0.345 e. The first kappa shape index (κ1) is 14.1. The van der Waals surface area contributed by atoms with Crippen molar-refractivity contribution in [2.45, 2.75) is 9.79 Å². The summed E-state index contributed by atoms with van der Waals surface area (Å²) >= 11 is 6.22. The Labute approximate surface area is 136 Å². The van der Waals surface area contributed by atoms with Crippen LogP contribution in [0.5, 0.6) is 0 Å². The molecule has 0 atom stereocenters. The summed E-state index contributed by atoms with van der Waals surface area (Å²) < 4.78 is 25.9. The molecule has 6 nitrogen and oxygen atoms in total. The number of hydrogen-bond acceptors (Lipinski definition) is 5. The lowest BCUT2D eigenvalue weighted by Gasteiger charge is -2.05. The highest BCUT2D eigenvalue weighted by molar-refractivity contribution is 7.91. The molecule has 4 rings (SSSR count). The van der Waals surface area contributed by atoms with E-state index >= 15 is 0 Å². The Bertz CT molecular complexity index is 1140. The zero-order chi connectivity index (χ0) is 16.0. The third-order valence-electron chi connectivity index (χ3n) is 3.56. The predicted octanol–water partition coefficient (Wildman–Crippen LogP) is 2.99. The van der Waals surface area contributed by atoms with Crippen molar-refractivity contribution in [3.05, 3.63) is 53.9 Å². The standard InChI is InChI=1S/C15H9ClN4O2S/c16-10-6-19-20-11-7-17-15-14(13(10)11)12(8-18-15)23(21,22)9-4-2-1-3-5-9/h1-8H,(H,17,18). The van der Waals surface area contributed by atoms with Crippen LogP contribution in [0.25, 0.3) is 21.9 Å². The molecule has 8 heteroatoms. The quantitative estimate of drug-likeness (QED) is 0.604. The topological polar surface area (TPSA) is 88.6 Å².